The number of para-hydroxylation sites is 1. The van der Waals surface area contributed by atoms with Crippen LogP contribution in [0.2, 0.25) is 0 Å². The Morgan fingerprint density at radius 1 is 1.21 bits per heavy atom. The summed E-state index contributed by atoms with van der Waals surface area (Å²) in [5.41, 5.74) is 0.631. The average Bonchev–Trinajstić information content (AvgIpc) is 2.54. The molecular formula is C16H16ClFNO4P. The van der Waals surface area contributed by atoms with Crippen molar-refractivity contribution in [1.29, 1.82) is 0 Å². The first-order chi connectivity index (χ1) is 11.4. The Balaban J connectivity index is 1.86. The Morgan fingerprint density at radius 2 is 1.83 bits per heavy atom. The number of carbonyl (C=O) groups excluding carboxylic acids is 1. The minimum absolute atomic E-state index is 0.0305. The number of ether oxygens (including phenoxy) is 1. The number of halogens is 2. The fourth-order valence-corrected chi connectivity index (χ4v) is 3.48. The van der Waals surface area contributed by atoms with Crippen molar-refractivity contribution in [3.8, 4) is 5.75 Å². The minimum Gasteiger partial charge on any atom is -0.460 e. The van der Waals surface area contributed by atoms with Crippen molar-refractivity contribution in [2.24, 2.45) is 0 Å². The van der Waals surface area contributed by atoms with E-state index in [1.54, 1.807) is 30.3 Å². The number of nitrogens with one attached hydrogen (secondary N) is 1. The highest BCUT2D eigenvalue weighted by molar-refractivity contribution is 7.84. The second kappa shape index (κ2) is 8.29. The summed E-state index contributed by atoms with van der Waals surface area (Å²) >= 11 is 5.82. The molecule has 1 N–H and O–H groups in total. The highest BCUT2D eigenvalue weighted by Gasteiger charge is 2.28. The van der Waals surface area contributed by atoms with Crippen LogP contribution in [0.15, 0.2) is 54.6 Å². The summed E-state index contributed by atoms with van der Waals surface area (Å²) in [4.78, 5) is 11.9. The van der Waals surface area contributed by atoms with Crippen molar-refractivity contribution in [2.75, 3.05) is 0 Å². The van der Waals surface area contributed by atoms with Crippen molar-refractivity contribution in [1.82, 2.24) is 5.09 Å². The smallest absolute Gasteiger partial charge is 0.409 e. The van der Waals surface area contributed by atoms with E-state index in [2.05, 4.69) is 5.09 Å². The maximum absolute atomic E-state index is 12.8. The predicted octanol–water partition coefficient (Wildman–Crippen LogP) is 4.27. The molecule has 2 unspecified atom stereocenters. The van der Waals surface area contributed by atoms with Crippen LogP contribution in [-0.2, 0) is 20.7 Å². The van der Waals surface area contributed by atoms with Crippen LogP contribution in [-0.4, -0.2) is 12.0 Å². The van der Waals surface area contributed by atoms with Crippen LogP contribution in [0.25, 0.3) is 0 Å². The molecule has 0 aromatic heterocycles. The lowest BCUT2D eigenvalue weighted by molar-refractivity contribution is -0.146. The van der Waals surface area contributed by atoms with Gasteiger partial charge >= 0.3 is 12.8 Å². The van der Waals surface area contributed by atoms with Crippen LogP contribution in [0.5, 0.6) is 5.75 Å². The average molecular weight is 372 g/mol. The fourth-order valence-electron chi connectivity index (χ4n) is 1.79. The number of benzene rings is 2. The highest BCUT2D eigenvalue weighted by atomic mass is 35.7. The minimum atomic E-state index is -3.75. The van der Waals surface area contributed by atoms with Gasteiger partial charge in [-0.05, 0) is 36.8 Å². The lowest BCUT2D eigenvalue weighted by atomic mass is 10.2. The molecule has 0 fully saturated rings. The van der Waals surface area contributed by atoms with Gasteiger partial charge in [0.05, 0.1) is 0 Å². The van der Waals surface area contributed by atoms with E-state index in [-0.39, 0.29) is 12.4 Å². The molecule has 8 heteroatoms. The molecule has 128 valence electrons. The third-order valence-corrected chi connectivity index (χ3v) is 4.60. The van der Waals surface area contributed by atoms with Gasteiger partial charge < -0.3 is 9.26 Å². The third-order valence-electron chi connectivity index (χ3n) is 2.96. The van der Waals surface area contributed by atoms with Crippen LogP contribution >= 0.6 is 18.1 Å². The zero-order valence-corrected chi connectivity index (χ0v) is 14.5. The van der Waals surface area contributed by atoms with E-state index < -0.39 is 18.9 Å². The van der Waals surface area contributed by atoms with Gasteiger partial charge in [0.2, 0.25) is 0 Å². The van der Waals surface area contributed by atoms with E-state index in [0.29, 0.717) is 11.3 Å². The summed E-state index contributed by atoms with van der Waals surface area (Å²) in [5.74, 6) is -0.715. The Morgan fingerprint density at radius 3 is 2.46 bits per heavy atom. The molecular weight excluding hydrogens is 356 g/mol. The standard InChI is InChI=1S/C16H16ClFNO4P/c1-12(16(20)22-11-13-7-9-14(18)10-8-13)19-24(17,21)23-15-5-3-2-4-6-15/h2-10,12H,11H2,1H3,(H,19,21). The van der Waals surface area contributed by atoms with E-state index in [1.807, 2.05) is 0 Å². The molecule has 0 aliphatic rings. The molecule has 2 rings (SSSR count). The van der Waals surface area contributed by atoms with Crippen molar-refractivity contribution < 1.29 is 23.0 Å². The van der Waals surface area contributed by atoms with Gasteiger partial charge in [0, 0.05) is 11.2 Å². The molecule has 0 bridgehead atoms. The van der Waals surface area contributed by atoms with Gasteiger partial charge in [0.15, 0.2) is 0 Å². The molecule has 0 saturated heterocycles. The lowest BCUT2D eigenvalue weighted by Crippen LogP contribution is -2.33. The second-order valence-electron chi connectivity index (χ2n) is 4.97. The highest BCUT2D eigenvalue weighted by Crippen LogP contribution is 2.48. The summed E-state index contributed by atoms with van der Waals surface area (Å²) in [6.07, 6.45) is 0. The summed E-state index contributed by atoms with van der Waals surface area (Å²) < 4.78 is 35.2. The quantitative estimate of drug-likeness (QED) is 0.581. The van der Waals surface area contributed by atoms with Crippen molar-refractivity contribution >= 4 is 24.1 Å². The number of carbonyl (C=O) groups is 1. The van der Waals surface area contributed by atoms with Crippen LogP contribution in [0.1, 0.15) is 12.5 Å². The van der Waals surface area contributed by atoms with Gasteiger partial charge in [-0.15, -0.1) is 0 Å². The third kappa shape index (κ3) is 5.96. The van der Waals surface area contributed by atoms with E-state index in [9.17, 15) is 13.8 Å². The molecule has 24 heavy (non-hydrogen) atoms. The molecule has 0 amide bonds. The van der Waals surface area contributed by atoms with Gasteiger partial charge in [-0.25, -0.2) is 14.0 Å². The first-order valence-electron chi connectivity index (χ1n) is 7.09. The fraction of sp³-hybridized carbons (Fsp3) is 0.188. The molecule has 5 nitrogen and oxygen atoms in total. The van der Waals surface area contributed by atoms with Crippen molar-refractivity contribution in [2.45, 2.75) is 19.6 Å². The molecule has 0 heterocycles. The molecule has 0 radical (unpaired) electrons. The Bertz CT molecular complexity index is 727. The number of hydrogen-bond donors (Lipinski definition) is 1. The molecule has 2 aromatic carbocycles. The normalized spacial score (nSPS) is 14.5. The van der Waals surface area contributed by atoms with Gasteiger partial charge in [0.25, 0.3) is 0 Å². The Kier molecular flexibility index (Phi) is 6.37. The molecule has 0 spiro atoms. The summed E-state index contributed by atoms with van der Waals surface area (Å²) in [7, 11) is 0. The summed E-state index contributed by atoms with van der Waals surface area (Å²) in [6, 6.07) is 13.0. The first kappa shape index (κ1) is 18.5. The van der Waals surface area contributed by atoms with E-state index in [1.165, 1.54) is 31.2 Å². The second-order valence-corrected chi connectivity index (χ2v) is 7.70. The molecule has 2 atom stereocenters. The lowest BCUT2D eigenvalue weighted by Gasteiger charge is -2.18. The topological polar surface area (TPSA) is 64.6 Å². The van der Waals surface area contributed by atoms with Crippen LogP contribution < -0.4 is 9.61 Å². The number of hydrogen-bond acceptors (Lipinski definition) is 4. The van der Waals surface area contributed by atoms with Gasteiger partial charge in [0.1, 0.15) is 24.2 Å². The molecule has 0 aliphatic heterocycles. The molecule has 2 aromatic rings. The van der Waals surface area contributed by atoms with Gasteiger partial charge in [-0.3, -0.25) is 4.79 Å². The van der Waals surface area contributed by atoms with Crippen molar-refractivity contribution in [3.05, 3.63) is 66.0 Å². The molecule has 0 aliphatic carbocycles. The number of esters is 1. The van der Waals surface area contributed by atoms with Gasteiger partial charge in [-0.1, -0.05) is 30.3 Å². The molecule has 0 saturated carbocycles. The Hall–Kier alpha value is -1.88. The summed E-state index contributed by atoms with van der Waals surface area (Å²) in [5, 5.41) is 2.41. The zero-order chi connectivity index (χ0) is 17.6. The maximum Gasteiger partial charge on any atom is 0.409 e. The largest absolute Gasteiger partial charge is 0.460 e. The Labute approximate surface area is 144 Å². The predicted molar refractivity (Wildman–Crippen MR) is 89.3 cm³/mol. The van der Waals surface area contributed by atoms with Gasteiger partial charge in [-0.2, -0.15) is 0 Å². The van der Waals surface area contributed by atoms with Crippen LogP contribution in [0.3, 0.4) is 0 Å². The van der Waals surface area contributed by atoms with E-state index in [0.717, 1.165) is 0 Å². The maximum atomic E-state index is 12.8. The first-order valence-corrected chi connectivity index (χ1v) is 9.62. The monoisotopic (exact) mass is 371 g/mol. The van der Waals surface area contributed by atoms with Crippen molar-refractivity contribution in [3.63, 3.8) is 0 Å². The van der Waals surface area contributed by atoms with E-state index >= 15 is 0 Å². The van der Waals surface area contributed by atoms with Crippen LogP contribution in [0, 0.1) is 5.82 Å². The zero-order valence-electron chi connectivity index (χ0n) is 12.8. The number of rotatable bonds is 7. The van der Waals surface area contributed by atoms with E-state index in [4.69, 9.17) is 20.5 Å². The summed E-state index contributed by atoms with van der Waals surface area (Å²) in [6.45, 7) is -2.33. The van der Waals surface area contributed by atoms with Crippen LogP contribution in [0.4, 0.5) is 4.39 Å². The SMILES string of the molecule is CC(NP(=O)(Cl)Oc1ccccc1)C(=O)OCc1ccc(F)cc1.